The number of hydrogen-bond donors (Lipinski definition) is 2. The Bertz CT molecular complexity index is 591. The molecule has 1 unspecified atom stereocenters. The van der Waals surface area contributed by atoms with E-state index in [4.69, 9.17) is 11.5 Å². The predicted octanol–water partition coefficient (Wildman–Crippen LogP) is 1.20. The number of carbonyl (C=O) groups is 1. The first-order chi connectivity index (χ1) is 8.99. The highest BCUT2D eigenvalue weighted by Crippen LogP contribution is 2.20. The summed E-state index contributed by atoms with van der Waals surface area (Å²) < 4.78 is 14.5. The zero-order valence-corrected chi connectivity index (χ0v) is 10.5. The first-order valence-corrected chi connectivity index (χ1v) is 5.83. The average molecular weight is 262 g/mol. The van der Waals surface area contributed by atoms with Crippen molar-refractivity contribution in [2.45, 2.75) is 19.4 Å². The summed E-state index contributed by atoms with van der Waals surface area (Å²) in [6.45, 7) is 1.84. The third-order valence-corrected chi connectivity index (χ3v) is 2.94. The van der Waals surface area contributed by atoms with Crippen molar-refractivity contribution in [3.05, 3.63) is 47.5 Å². The summed E-state index contributed by atoms with van der Waals surface area (Å²) >= 11 is 0. The van der Waals surface area contributed by atoms with Crippen LogP contribution < -0.4 is 11.5 Å². The van der Waals surface area contributed by atoms with Gasteiger partial charge in [0.2, 0.25) is 5.91 Å². The topological polar surface area (TPSA) is 86.9 Å². The molecule has 0 fully saturated rings. The predicted molar refractivity (Wildman–Crippen MR) is 69.0 cm³/mol. The molecule has 100 valence electrons. The molecule has 1 amide bonds. The minimum atomic E-state index is -0.480. The molecule has 1 aromatic carbocycles. The molecule has 6 heteroatoms. The van der Waals surface area contributed by atoms with Gasteiger partial charge in [-0.1, -0.05) is 0 Å². The molecule has 0 aliphatic heterocycles. The minimum Gasteiger partial charge on any atom is -0.370 e. The molecule has 4 N–H and O–H groups in total. The second kappa shape index (κ2) is 5.19. The molecule has 0 aliphatic rings. The first kappa shape index (κ1) is 13.2. The lowest BCUT2D eigenvalue weighted by molar-refractivity contribution is -0.118. The molecule has 2 aromatic rings. The second-order valence-electron chi connectivity index (χ2n) is 4.35. The normalized spacial score (nSPS) is 12.4. The zero-order valence-electron chi connectivity index (χ0n) is 10.5. The number of rotatable bonds is 4. The van der Waals surface area contributed by atoms with E-state index in [1.54, 1.807) is 23.0 Å². The lowest BCUT2D eigenvalue weighted by atomic mass is 10.1. The van der Waals surface area contributed by atoms with Gasteiger partial charge in [-0.15, -0.1) is 0 Å². The number of carbonyl (C=O) groups excluding carboxylic acids is 1. The Hall–Kier alpha value is -2.21. The standard InChI is InChI=1S/C13H15FN4O/c1-8-11(12(15)6-13(16)19)7-17-18(8)10-4-2-9(14)3-5-10/h2-5,7,12H,6,15H2,1H3,(H2,16,19). The van der Waals surface area contributed by atoms with Gasteiger partial charge < -0.3 is 11.5 Å². The number of hydrogen-bond acceptors (Lipinski definition) is 3. The van der Waals surface area contributed by atoms with Crippen LogP contribution in [-0.4, -0.2) is 15.7 Å². The Morgan fingerprint density at radius 2 is 2.05 bits per heavy atom. The summed E-state index contributed by atoms with van der Waals surface area (Å²) in [5, 5.41) is 4.21. The van der Waals surface area contributed by atoms with Gasteiger partial charge in [-0.2, -0.15) is 5.10 Å². The molecule has 0 aliphatic carbocycles. The molecule has 0 bridgehead atoms. The molecular weight excluding hydrogens is 247 g/mol. The van der Waals surface area contributed by atoms with E-state index in [9.17, 15) is 9.18 Å². The van der Waals surface area contributed by atoms with Crippen LogP contribution in [-0.2, 0) is 4.79 Å². The van der Waals surface area contributed by atoms with Crippen LogP contribution in [0.2, 0.25) is 0 Å². The fourth-order valence-electron chi connectivity index (χ4n) is 1.96. The van der Waals surface area contributed by atoms with Crippen LogP contribution >= 0.6 is 0 Å². The number of nitrogens with zero attached hydrogens (tertiary/aromatic N) is 2. The molecule has 0 saturated heterocycles. The molecule has 1 atom stereocenters. The molecule has 19 heavy (non-hydrogen) atoms. The van der Waals surface area contributed by atoms with Crippen LogP contribution in [0.15, 0.2) is 30.5 Å². The summed E-state index contributed by atoms with van der Waals surface area (Å²) in [5.41, 5.74) is 13.3. The quantitative estimate of drug-likeness (QED) is 0.867. The van der Waals surface area contributed by atoms with E-state index in [0.717, 1.165) is 16.9 Å². The Balaban J connectivity index is 2.32. The molecular formula is C13H15FN4O. The van der Waals surface area contributed by atoms with Crippen LogP contribution in [0.1, 0.15) is 23.7 Å². The van der Waals surface area contributed by atoms with Gasteiger partial charge in [0.15, 0.2) is 0 Å². The van der Waals surface area contributed by atoms with Crippen LogP contribution in [0.4, 0.5) is 4.39 Å². The van der Waals surface area contributed by atoms with Gasteiger partial charge in [0, 0.05) is 23.7 Å². The lowest BCUT2D eigenvalue weighted by Crippen LogP contribution is -2.21. The number of halogens is 1. The lowest BCUT2D eigenvalue weighted by Gasteiger charge is -2.10. The molecule has 5 nitrogen and oxygen atoms in total. The highest BCUT2D eigenvalue weighted by molar-refractivity contribution is 5.74. The third-order valence-electron chi connectivity index (χ3n) is 2.94. The molecule has 1 heterocycles. The maximum Gasteiger partial charge on any atom is 0.219 e. The Labute approximate surface area is 110 Å². The van der Waals surface area contributed by atoms with Crippen LogP contribution in [0.25, 0.3) is 5.69 Å². The summed E-state index contributed by atoms with van der Waals surface area (Å²) in [6, 6.07) is 5.49. The van der Waals surface area contributed by atoms with Crippen molar-refractivity contribution >= 4 is 5.91 Å². The molecule has 1 aromatic heterocycles. The van der Waals surface area contributed by atoms with E-state index >= 15 is 0 Å². The van der Waals surface area contributed by atoms with Crippen LogP contribution in [0.5, 0.6) is 0 Å². The van der Waals surface area contributed by atoms with Gasteiger partial charge in [0.1, 0.15) is 5.82 Å². The van der Waals surface area contributed by atoms with Crippen molar-refractivity contribution in [2.75, 3.05) is 0 Å². The SMILES string of the molecule is Cc1c(C(N)CC(N)=O)cnn1-c1ccc(F)cc1. The monoisotopic (exact) mass is 262 g/mol. The van der Waals surface area contributed by atoms with E-state index in [1.807, 2.05) is 6.92 Å². The number of primary amides is 1. The van der Waals surface area contributed by atoms with Gasteiger partial charge in [0.25, 0.3) is 0 Å². The largest absolute Gasteiger partial charge is 0.370 e. The van der Waals surface area contributed by atoms with Crippen molar-refractivity contribution in [1.29, 1.82) is 0 Å². The summed E-state index contributed by atoms with van der Waals surface area (Å²) in [7, 11) is 0. The fourth-order valence-corrected chi connectivity index (χ4v) is 1.96. The van der Waals surface area contributed by atoms with Crippen molar-refractivity contribution in [3.63, 3.8) is 0 Å². The van der Waals surface area contributed by atoms with E-state index in [0.29, 0.717) is 0 Å². The van der Waals surface area contributed by atoms with E-state index in [2.05, 4.69) is 5.10 Å². The molecule has 0 saturated carbocycles. The highest BCUT2D eigenvalue weighted by Gasteiger charge is 2.16. The molecule has 2 rings (SSSR count). The summed E-state index contributed by atoms with van der Waals surface area (Å²) in [6.07, 6.45) is 1.67. The van der Waals surface area contributed by atoms with E-state index < -0.39 is 11.9 Å². The van der Waals surface area contributed by atoms with Gasteiger partial charge in [-0.3, -0.25) is 4.79 Å². The van der Waals surface area contributed by atoms with E-state index in [-0.39, 0.29) is 12.2 Å². The Morgan fingerprint density at radius 1 is 1.42 bits per heavy atom. The van der Waals surface area contributed by atoms with E-state index in [1.165, 1.54) is 12.1 Å². The van der Waals surface area contributed by atoms with Gasteiger partial charge >= 0.3 is 0 Å². The number of nitrogens with two attached hydrogens (primary N) is 2. The molecule has 0 radical (unpaired) electrons. The number of benzene rings is 1. The maximum absolute atomic E-state index is 12.9. The third kappa shape index (κ3) is 2.79. The van der Waals surface area contributed by atoms with Crippen molar-refractivity contribution < 1.29 is 9.18 Å². The average Bonchev–Trinajstić information content (AvgIpc) is 2.71. The Morgan fingerprint density at radius 3 is 2.63 bits per heavy atom. The minimum absolute atomic E-state index is 0.0654. The van der Waals surface area contributed by atoms with Crippen molar-refractivity contribution in [3.8, 4) is 5.69 Å². The zero-order chi connectivity index (χ0) is 14.0. The highest BCUT2D eigenvalue weighted by atomic mass is 19.1. The number of aromatic nitrogens is 2. The van der Waals surface area contributed by atoms with Gasteiger partial charge in [0.05, 0.1) is 11.9 Å². The van der Waals surface area contributed by atoms with Crippen molar-refractivity contribution in [2.24, 2.45) is 11.5 Å². The van der Waals surface area contributed by atoms with Crippen molar-refractivity contribution in [1.82, 2.24) is 9.78 Å². The van der Waals surface area contributed by atoms with Gasteiger partial charge in [-0.25, -0.2) is 9.07 Å². The Kier molecular flexibility index (Phi) is 3.62. The smallest absolute Gasteiger partial charge is 0.219 e. The van der Waals surface area contributed by atoms with Gasteiger partial charge in [-0.05, 0) is 31.2 Å². The fraction of sp³-hybridized carbons (Fsp3) is 0.231. The molecule has 0 spiro atoms. The summed E-state index contributed by atoms with van der Waals surface area (Å²) in [5.74, 6) is -0.763. The summed E-state index contributed by atoms with van der Waals surface area (Å²) in [4.78, 5) is 10.9. The maximum atomic E-state index is 12.9. The van der Waals surface area contributed by atoms with Crippen LogP contribution in [0.3, 0.4) is 0 Å². The first-order valence-electron chi connectivity index (χ1n) is 5.83. The second-order valence-corrected chi connectivity index (χ2v) is 4.35. The van der Waals surface area contributed by atoms with Crippen LogP contribution in [0, 0.1) is 12.7 Å². The number of amides is 1.